The number of halogens is 1. The van der Waals surface area contributed by atoms with Crippen LogP contribution in [0.2, 0.25) is 0 Å². The van der Waals surface area contributed by atoms with E-state index < -0.39 is 35.6 Å². The molecule has 1 fully saturated rings. The summed E-state index contributed by atoms with van der Waals surface area (Å²) >= 11 is 6.46. The molecule has 42 heavy (non-hydrogen) atoms. The largest absolute Gasteiger partial charge is 0.497 e. The second-order valence-electron chi connectivity index (χ2n) is 10.2. The first-order valence-electron chi connectivity index (χ1n) is 13.7. The van der Waals surface area contributed by atoms with Gasteiger partial charge in [0.1, 0.15) is 24.1 Å². The van der Waals surface area contributed by atoms with E-state index in [1.54, 1.807) is 31.4 Å². The number of Topliss-reactive ketones (excluding diaryl/α,β-unsaturated/α-hetero) is 1. The van der Waals surface area contributed by atoms with E-state index in [0.29, 0.717) is 23.5 Å². The van der Waals surface area contributed by atoms with Crippen LogP contribution in [0.4, 0.5) is 0 Å². The summed E-state index contributed by atoms with van der Waals surface area (Å²) in [4.78, 5) is 53.1. The number of β-lactam (4-membered cyclic amide) rings is 1. The molecule has 2 aliphatic rings. The molecule has 218 valence electrons. The first kappa shape index (κ1) is 29.1. The smallest absolute Gasteiger partial charge is 0.344 e. The Morgan fingerprint density at radius 1 is 1.00 bits per heavy atom. The summed E-state index contributed by atoms with van der Waals surface area (Å²) in [5, 5.41) is 2.77. The zero-order valence-electron chi connectivity index (χ0n) is 23.0. The van der Waals surface area contributed by atoms with Crippen LogP contribution in [0.5, 0.6) is 11.5 Å². The van der Waals surface area contributed by atoms with Gasteiger partial charge < -0.3 is 24.4 Å². The average Bonchev–Trinajstić information content (AvgIpc) is 3.45. The Hall–Kier alpha value is -4.37. The van der Waals surface area contributed by atoms with Crippen molar-refractivity contribution in [2.24, 2.45) is 0 Å². The van der Waals surface area contributed by atoms with Crippen molar-refractivity contribution in [2.45, 2.75) is 56.0 Å². The van der Waals surface area contributed by atoms with Crippen LogP contribution in [0.1, 0.15) is 29.5 Å². The molecule has 0 bridgehead atoms. The molecule has 1 N–H and O–H groups in total. The lowest BCUT2D eigenvalue weighted by Crippen LogP contribution is -2.73. The number of fused-ring (bicyclic) bond motifs is 1. The maximum atomic E-state index is 13.2. The molecule has 4 unspecified atom stereocenters. The van der Waals surface area contributed by atoms with Gasteiger partial charge in [-0.1, -0.05) is 72.3 Å². The molecule has 0 saturated carbocycles. The van der Waals surface area contributed by atoms with E-state index >= 15 is 0 Å². The highest BCUT2D eigenvalue weighted by molar-refractivity contribution is 6.31. The SMILES string of the molecule is COc1ccc(COC(=O)C(Cl)N2C(=O)C(NC(=O)Cc3ccccc3)C2CCC(=O)C2Cc3ccccc3O2)cc1. The number of carbonyl (C=O) groups is 4. The molecule has 1 saturated heterocycles. The number of benzene rings is 3. The topological polar surface area (TPSA) is 111 Å². The lowest BCUT2D eigenvalue weighted by atomic mass is 9.88. The second-order valence-corrected chi connectivity index (χ2v) is 10.6. The second kappa shape index (κ2) is 13.1. The maximum absolute atomic E-state index is 13.2. The summed E-state index contributed by atoms with van der Waals surface area (Å²) in [6.07, 6.45) is 0.182. The number of rotatable bonds is 12. The molecule has 5 rings (SSSR count). The molecule has 2 heterocycles. The molecule has 0 spiro atoms. The number of likely N-dealkylation sites (tertiary alicyclic amines) is 1. The fourth-order valence-corrected chi connectivity index (χ4v) is 5.49. The van der Waals surface area contributed by atoms with Gasteiger partial charge in [0.15, 0.2) is 11.9 Å². The number of esters is 1. The van der Waals surface area contributed by atoms with Gasteiger partial charge in [-0.2, -0.15) is 0 Å². The number of methoxy groups -OCH3 is 1. The zero-order valence-corrected chi connectivity index (χ0v) is 23.8. The molecule has 2 aliphatic heterocycles. The summed E-state index contributed by atoms with van der Waals surface area (Å²) in [7, 11) is 1.55. The fourth-order valence-electron chi connectivity index (χ4n) is 5.19. The Morgan fingerprint density at radius 2 is 1.71 bits per heavy atom. The number of hydrogen-bond acceptors (Lipinski definition) is 7. The van der Waals surface area contributed by atoms with E-state index in [1.165, 1.54) is 4.90 Å². The van der Waals surface area contributed by atoms with Gasteiger partial charge in [0.2, 0.25) is 17.3 Å². The summed E-state index contributed by atoms with van der Waals surface area (Å²) < 4.78 is 16.3. The quantitative estimate of drug-likeness (QED) is 0.148. The number of ketones is 1. The Labute approximate surface area is 248 Å². The van der Waals surface area contributed by atoms with Crippen LogP contribution >= 0.6 is 11.6 Å². The van der Waals surface area contributed by atoms with Crippen molar-refractivity contribution < 1.29 is 33.4 Å². The number of ether oxygens (including phenoxy) is 3. The Morgan fingerprint density at radius 3 is 2.43 bits per heavy atom. The van der Waals surface area contributed by atoms with Crippen LogP contribution in [0.15, 0.2) is 78.9 Å². The van der Waals surface area contributed by atoms with Gasteiger partial charge in [0.25, 0.3) is 0 Å². The predicted octanol–water partition coefficient (Wildman–Crippen LogP) is 3.59. The number of nitrogens with one attached hydrogen (secondary N) is 1. The van der Waals surface area contributed by atoms with Crippen molar-refractivity contribution >= 4 is 35.2 Å². The summed E-state index contributed by atoms with van der Waals surface area (Å²) in [5.74, 6) is -0.453. The highest BCUT2D eigenvalue weighted by Gasteiger charge is 2.52. The third-order valence-corrected chi connectivity index (χ3v) is 7.85. The molecule has 0 radical (unpaired) electrons. The van der Waals surface area contributed by atoms with Crippen molar-refractivity contribution in [3.05, 3.63) is 95.6 Å². The van der Waals surface area contributed by atoms with Gasteiger partial charge >= 0.3 is 5.97 Å². The number of amides is 2. The Bertz CT molecular complexity index is 1420. The van der Waals surface area contributed by atoms with E-state index in [1.807, 2.05) is 54.6 Å². The third-order valence-electron chi connectivity index (χ3n) is 7.46. The summed E-state index contributed by atoms with van der Waals surface area (Å²) in [5.41, 5.74) is 1.04. The minimum atomic E-state index is -1.43. The van der Waals surface area contributed by atoms with Crippen LogP contribution < -0.4 is 14.8 Å². The number of nitrogens with zero attached hydrogens (tertiary/aromatic N) is 1. The van der Waals surface area contributed by atoms with Crippen LogP contribution in [0, 0.1) is 0 Å². The van der Waals surface area contributed by atoms with E-state index in [4.69, 9.17) is 25.8 Å². The van der Waals surface area contributed by atoms with E-state index in [2.05, 4.69) is 5.32 Å². The molecule has 0 aromatic heterocycles. The van der Waals surface area contributed by atoms with Crippen LogP contribution in [0.25, 0.3) is 0 Å². The normalized spacial score (nSPS) is 19.6. The number of hydrogen-bond donors (Lipinski definition) is 1. The minimum absolute atomic E-state index is 0.0476. The molecule has 4 atom stereocenters. The summed E-state index contributed by atoms with van der Waals surface area (Å²) in [6.45, 7) is -0.0476. The van der Waals surface area contributed by atoms with Gasteiger partial charge in [0.05, 0.1) is 19.6 Å². The average molecular weight is 591 g/mol. The number of para-hydroxylation sites is 1. The predicted molar refractivity (Wildman–Crippen MR) is 154 cm³/mol. The fraction of sp³-hybridized carbons (Fsp3) is 0.312. The molecule has 3 aromatic carbocycles. The van der Waals surface area contributed by atoms with Crippen molar-refractivity contribution in [3.8, 4) is 11.5 Å². The van der Waals surface area contributed by atoms with Gasteiger partial charge in [-0.3, -0.25) is 14.4 Å². The number of alkyl halides is 1. The monoisotopic (exact) mass is 590 g/mol. The van der Waals surface area contributed by atoms with Crippen LogP contribution in [0.3, 0.4) is 0 Å². The van der Waals surface area contributed by atoms with Crippen molar-refractivity contribution in [3.63, 3.8) is 0 Å². The molecular weight excluding hydrogens is 560 g/mol. The van der Waals surface area contributed by atoms with Gasteiger partial charge in [-0.15, -0.1) is 0 Å². The Kier molecular flexibility index (Phi) is 9.07. The molecule has 10 heteroatoms. The minimum Gasteiger partial charge on any atom is -0.497 e. The standard InChI is InChI=1S/C32H31ClN2O7/c1-40-23-13-11-21(12-14-23)19-41-32(39)30(33)35-24(15-16-25(36)27-18-22-9-5-6-10-26(22)42-27)29(31(35)38)34-28(37)17-20-7-3-2-4-8-20/h2-14,24,27,29-30H,15-19H2,1H3,(H,34,37). The maximum Gasteiger partial charge on any atom is 0.344 e. The molecule has 0 aliphatic carbocycles. The highest BCUT2D eigenvalue weighted by Crippen LogP contribution is 2.32. The third kappa shape index (κ3) is 6.57. The number of carbonyl (C=O) groups excluding carboxylic acids is 4. The Balaban J connectivity index is 1.23. The van der Waals surface area contributed by atoms with E-state index in [0.717, 1.165) is 11.1 Å². The van der Waals surface area contributed by atoms with Crippen molar-refractivity contribution in [1.82, 2.24) is 10.2 Å². The lowest BCUT2D eigenvalue weighted by Gasteiger charge is -2.48. The van der Waals surface area contributed by atoms with E-state index in [9.17, 15) is 19.2 Å². The first-order chi connectivity index (χ1) is 20.3. The molecule has 9 nitrogen and oxygen atoms in total. The highest BCUT2D eigenvalue weighted by atomic mass is 35.5. The zero-order chi connectivity index (χ0) is 29.6. The van der Waals surface area contributed by atoms with E-state index in [-0.39, 0.29) is 37.6 Å². The van der Waals surface area contributed by atoms with Crippen molar-refractivity contribution in [2.75, 3.05) is 7.11 Å². The van der Waals surface area contributed by atoms with Crippen molar-refractivity contribution in [1.29, 1.82) is 0 Å². The van der Waals surface area contributed by atoms with Crippen LogP contribution in [-0.2, 0) is 43.4 Å². The lowest BCUT2D eigenvalue weighted by molar-refractivity contribution is -0.166. The first-order valence-corrected chi connectivity index (χ1v) is 14.1. The summed E-state index contributed by atoms with van der Waals surface area (Å²) in [6, 6.07) is 22.0. The van der Waals surface area contributed by atoms with Crippen LogP contribution in [-0.4, -0.2) is 59.3 Å². The molecule has 3 aromatic rings. The molecular formula is C32H31ClN2O7. The van der Waals surface area contributed by atoms with Gasteiger partial charge in [-0.25, -0.2) is 4.79 Å². The van der Waals surface area contributed by atoms with Gasteiger partial charge in [0, 0.05) is 12.8 Å². The van der Waals surface area contributed by atoms with Gasteiger partial charge in [-0.05, 0) is 41.3 Å². The molecule has 2 amide bonds.